The van der Waals surface area contributed by atoms with Crippen molar-refractivity contribution >= 4 is 0 Å². The topological polar surface area (TPSA) is 18.5 Å². The molecule has 0 heterocycles. The summed E-state index contributed by atoms with van der Waals surface area (Å²) >= 11 is 0. The Bertz CT molecular complexity index is 604. The average molecular weight is 268 g/mol. The first kappa shape index (κ1) is 13.3. The van der Waals surface area contributed by atoms with E-state index in [0.29, 0.717) is 13.2 Å². The normalized spacial score (nSPS) is 13.9. The first-order chi connectivity index (χ1) is 9.79. The van der Waals surface area contributed by atoms with Crippen molar-refractivity contribution in [1.29, 1.82) is 0 Å². The second-order valence-electron chi connectivity index (χ2n) is 5.35. The van der Waals surface area contributed by atoms with Crippen molar-refractivity contribution in [3.63, 3.8) is 0 Å². The minimum Gasteiger partial charge on any atom is -0.382 e. The van der Waals surface area contributed by atoms with E-state index in [9.17, 15) is 0 Å². The standard InChI is InChI=1S/C18H20O2/c1-13(11-19-2)20-12-15-7-5-9-17-16-8-4-3-6-14(16)10-18(15)17/h3-9,13H,10-12H2,1-2H3. The van der Waals surface area contributed by atoms with Crippen molar-refractivity contribution in [3.8, 4) is 11.1 Å². The van der Waals surface area contributed by atoms with Gasteiger partial charge in [-0.15, -0.1) is 0 Å². The van der Waals surface area contributed by atoms with E-state index in [-0.39, 0.29) is 6.10 Å². The molecule has 20 heavy (non-hydrogen) atoms. The highest BCUT2D eigenvalue weighted by Crippen LogP contribution is 2.38. The van der Waals surface area contributed by atoms with Gasteiger partial charge < -0.3 is 9.47 Å². The van der Waals surface area contributed by atoms with Crippen LogP contribution in [0.15, 0.2) is 42.5 Å². The molecule has 2 aromatic rings. The third kappa shape index (κ3) is 2.49. The quantitative estimate of drug-likeness (QED) is 0.700. The number of fused-ring (bicyclic) bond motifs is 3. The van der Waals surface area contributed by atoms with Gasteiger partial charge in [-0.05, 0) is 41.2 Å². The average Bonchev–Trinajstić information content (AvgIpc) is 2.84. The fourth-order valence-corrected chi connectivity index (χ4v) is 2.87. The molecule has 0 radical (unpaired) electrons. The minimum absolute atomic E-state index is 0.125. The molecular formula is C18H20O2. The lowest BCUT2D eigenvalue weighted by Crippen LogP contribution is -2.15. The second kappa shape index (κ2) is 5.78. The molecule has 1 unspecified atom stereocenters. The van der Waals surface area contributed by atoms with Gasteiger partial charge in [-0.2, -0.15) is 0 Å². The van der Waals surface area contributed by atoms with Gasteiger partial charge in [0.15, 0.2) is 0 Å². The van der Waals surface area contributed by atoms with Gasteiger partial charge in [0.25, 0.3) is 0 Å². The monoisotopic (exact) mass is 268 g/mol. The molecular weight excluding hydrogens is 248 g/mol. The van der Waals surface area contributed by atoms with Gasteiger partial charge in [0.2, 0.25) is 0 Å². The molecule has 0 spiro atoms. The fourth-order valence-electron chi connectivity index (χ4n) is 2.87. The SMILES string of the molecule is COCC(C)OCc1cccc2c1Cc1ccccc1-2. The van der Waals surface area contributed by atoms with Crippen LogP contribution in [0.5, 0.6) is 0 Å². The van der Waals surface area contributed by atoms with Crippen molar-refractivity contribution in [3.05, 3.63) is 59.2 Å². The minimum atomic E-state index is 0.125. The zero-order valence-corrected chi connectivity index (χ0v) is 12.1. The fraction of sp³-hybridized carbons (Fsp3) is 0.333. The Morgan fingerprint density at radius 1 is 1.05 bits per heavy atom. The van der Waals surface area contributed by atoms with E-state index in [1.54, 1.807) is 7.11 Å². The van der Waals surface area contributed by atoms with Gasteiger partial charge in [0.05, 0.1) is 19.3 Å². The number of ether oxygens (including phenoxy) is 2. The van der Waals surface area contributed by atoms with E-state index in [4.69, 9.17) is 9.47 Å². The predicted molar refractivity (Wildman–Crippen MR) is 80.8 cm³/mol. The van der Waals surface area contributed by atoms with E-state index in [0.717, 1.165) is 6.42 Å². The predicted octanol–water partition coefficient (Wildman–Crippen LogP) is 3.81. The third-order valence-electron chi connectivity index (χ3n) is 3.87. The summed E-state index contributed by atoms with van der Waals surface area (Å²) in [6.07, 6.45) is 1.14. The number of benzene rings is 2. The van der Waals surface area contributed by atoms with Gasteiger partial charge in [-0.3, -0.25) is 0 Å². The van der Waals surface area contributed by atoms with E-state index in [1.165, 1.54) is 27.8 Å². The summed E-state index contributed by atoms with van der Waals surface area (Å²) in [6, 6.07) is 15.2. The lowest BCUT2D eigenvalue weighted by Gasteiger charge is -2.14. The molecule has 2 nitrogen and oxygen atoms in total. The molecule has 0 fully saturated rings. The summed E-state index contributed by atoms with van der Waals surface area (Å²) in [6.45, 7) is 3.33. The molecule has 2 heteroatoms. The van der Waals surface area contributed by atoms with E-state index < -0.39 is 0 Å². The van der Waals surface area contributed by atoms with Crippen LogP contribution in [0.25, 0.3) is 11.1 Å². The third-order valence-corrected chi connectivity index (χ3v) is 3.87. The Kier molecular flexibility index (Phi) is 3.86. The van der Waals surface area contributed by atoms with Gasteiger partial charge in [0.1, 0.15) is 0 Å². The Morgan fingerprint density at radius 3 is 2.70 bits per heavy atom. The molecule has 0 amide bonds. The van der Waals surface area contributed by atoms with Gasteiger partial charge >= 0.3 is 0 Å². The first-order valence-electron chi connectivity index (χ1n) is 7.09. The summed E-state index contributed by atoms with van der Waals surface area (Å²) in [5.74, 6) is 0. The van der Waals surface area contributed by atoms with Crippen LogP contribution in [-0.2, 0) is 22.5 Å². The maximum Gasteiger partial charge on any atom is 0.0784 e. The molecule has 0 N–H and O–H groups in total. The van der Waals surface area contributed by atoms with Crippen molar-refractivity contribution in [2.45, 2.75) is 26.1 Å². The Morgan fingerprint density at radius 2 is 1.85 bits per heavy atom. The van der Waals surface area contributed by atoms with Crippen LogP contribution < -0.4 is 0 Å². The van der Waals surface area contributed by atoms with Crippen molar-refractivity contribution in [2.24, 2.45) is 0 Å². The number of methoxy groups -OCH3 is 1. The Hall–Kier alpha value is -1.64. The summed E-state index contributed by atoms with van der Waals surface area (Å²) in [7, 11) is 1.71. The van der Waals surface area contributed by atoms with Crippen molar-refractivity contribution < 1.29 is 9.47 Å². The van der Waals surface area contributed by atoms with Gasteiger partial charge in [-0.25, -0.2) is 0 Å². The lowest BCUT2D eigenvalue weighted by atomic mass is 10.0. The van der Waals surface area contributed by atoms with Crippen molar-refractivity contribution in [2.75, 3.05) is 13.7 Å². The number of hydrogen-bond acceptors (Lipinski definition) is 2. The van der Waals surface area contributed by atoms with E-state index in [2.05, 4.69) is 42.5 Å². The number of rotatable bonds is 5. The van der Waals surface area contributed by atoms with E-state index >= 15 is 0 Å². The lowest BCUT2D eigenvalue weighted by molar-refractivity contribution is -0.000313. The summed E-state index contributed by atoms with van der Waals surface area (Å²) in [5.41, 5.74) is 6.86. The van der Waals surface area contributed by atoms with Crippen LogP contribution in [-0.4, -0.2) is 19.8 Å². The smallest absolute Gasteiger partial charge is 0.0784 e. The maximum absolute atomic E-state index is 5.87. The van der Waals surface area contributed by atoms with Gasteiger partial charge in [0, 0.05) is 7.11 Å². The molecule has 0 aromatic heterocycles. The molecule has 2 aromatic carbocycles. The Labute approximate surface area is 120 Å². The molecule has 1 aliphatic rings. The summed E-state index contributed by atoms with van der Waals surface area (Å²) in [5, 5.41) is 0. The summed E-state index contributed by atoms with van der Waals surface area (Å²) < 4.78 is 11.0. The van der Waals surface area contributed by atoms with Crippen LogP contribution in [0.2, 0.25) is 0 Å². The first-order valence-corrected chi connectivity index (χ1v) is 7.09. The highest BCUT2D eigenvalue weighted by Gasteiger charge is 2.20. The van der Waals surface area contributed by atoms with Crippen LogP contribution in [0.3, 0.4) is 0 Å². The number of hydrogen-bond donors (Lipinski definition) is 0. The van der Waals surface area contributed by atoms with Crippen LogP contribution in [0, 0.1) is 0 Å². The molecule has 0 aliphatic heterocycles. The summed E-state index contributed by atoms with van der Waals surface area (Å²) in [4.78, 5) is 0. The van der Waals surface area contributed by atoms with Gasteiger partial charge in [-0.1, -0.05) is 42.5 Å². The largest absolute Gasteiger partial charge is 0.382 e. The van der Waals surface area contributed by atoms with Crippen molar-refractivity contribution in [1.82, 2.24) is 0 Å². The molecule has 0 saturated heterocycles. The molecule has 3 rings (SSSR count). The zero-order valence-electron chi connectivity index (χ0n) is 12.1. The van der Waals surface area contributed by atoms with E-state index in [1.807, 2.05) is 6.92 Å². The highest BCUT2D eigenvalue weighted by atomic mass is 16.5. The second-order valence-corrected chi connectivity index (χ2v) is 5.35. The molecule has 1 aliphatic carbocycles. The van der Waals surface area contributed by atoms with Crippen LogP contribution in [0.4, 0.5) is 0 Å². The maximum atomic E-state index is 5.87. The Balaban J connectivity index is 1.82. The zero-order chi connectivity index (χ0) is 13.9. The van der Waals surface area contributed by atoms with Crippen LogP contribution >= 0.6 is 0 Å². The molecule has 0 bridgehead atoms. The van der Waals surface area contributed by atoms with Crippen LogP contribution in [0.1, 0.15) is 23.6 Å². The molecule has 0 saturated carbocycles. The molecule has 1 atom stereocenters. The molecule has 104 valence electrons. The highest BCUT2D eigenvalue weighted by molar-refractivity contribution is 5.77.